The van der Waals surface area contributed by atoms with Crippen LogP contribution in [0, 0.1) is 13.8 Å². The lowest BCUT2D eigenvalue weighted by Crippen LogP contribution is -2.44. The number of thiocarbonyl (C=S) groups is 1. The number of nitrogens with zero attached hydrogens (tertiary/aromatic N) is 1. The molecule has 1 aliphatic heterocycles. The number of nitrogens with one attached hydrogen (secondary N) is 1. The first-order valence-electron chi connectivity index (χ1n) is 8.57. The quantitative estimate of drug-likeness (QED) is 0.609. The Balaban J connectivity index is 1.77. The van der Waals surface area contributed by atoms with Gasteiger partial charge in [0.15, 0.2) is 0 Å². The summed E-state index contributed by atoms with van der Waals surface area (Å²) in [6, 6.07) is 14.6. The Morgan fingerprint density at radius 1 is 1.15 bits per heavy atom. The van der Waals surface area contributed by atoms with Crippen molar-refractivity contribution in [2.45, 2.75) is 26.8 Å². The van der Waals surface area contributed by atoms with E-state index in [2.05, 4.69) is 5.32 Å². The highest BCUT2D eigenvalue weighted by molar-refractivity contribution is 8.26. The summed E-state index contributed by atoms with van der Waals surface area (Å²) in [6.45, 7) is 5.66. The summed E-state index contributed by atoms with van der Waals surface area (Å²) in [5.41, 5.74) is 3.85. The molecule has 2 amide bonds. The van der Waals surface area contributed by atoms with Gasteiger partial charge in [0.05, 0.1) is 4.91 Å². The molecule has 1 saturated heterocycles. The molecule has 0 spiro atoms. The summed E-state index contributed by atoms with van der Waals surface area (Å²) in [6.07, 6.45) is 1.83. The highest BCUT2D eigenvalue weighted by Gasteiger charge is 2.38. The predicted molar refractivity (Wildman–Crippen MR) is 115 cm³/mol. The van der Waals surface area contributed by atoms with E-state index in [0.717, 1.165) is 16.7 Å². The topological polar surface area (TPSA) is 49.4 Å². The third-order valence-electron chi connectivity index (χ3n) is 4.38. The fourth-order valence-corrected chi connectivity index (χ4v) is 4.11. The van der Waals surface area contributed by atoms with Crippen LogP contribution >= 0.6 is 24.0 Å². The van der Waals surface area contributed by atoms with Gasteiger partial charge in [-0.15, -0.1) is 0 Å². The van der Waals surface area contributed by atoms with E-state index in [1.807, 2.05) is 68.5 Å². The van der Waals surface area contributed by atoms with Gasteiger partial charge < -0.3 is 5.32 Å². The van der Waals surface area contributed by atoms with Crippen molar-refractivity contribution < 1.29 is 9.59 Å². The lowest BCUT2D eigenvalue weighted by atomic mass is 10.1. The third-order valence-corrected chi connectivity index (χ3v) is 5.71. The van der Waals surface area contributed by atoms with Crippen LogP contribution in [0.1, 0.15) is 23.6 Å². The van der Waals surface area contributed by atoms with Crippen LogP contribution in [0.2, 0.25) is 0 Å². The van der Waals surface area contributed by atoms with Crippen molar-refractivity contribution in [3.05, 3.63) is 70.1 Å². The summed E-state index contributed by atoms with van der Waals surface area (Å²) < 4.78 is 0.395. The molecule has 1 atom stereocenters. The number of amides is 2. The number of hydrogen-bond donors (Lipinski definition) is 1. The van der Waals surface area contributed by atoms with Gasteiger partial charge in [-0.1, -0.05) is 65.9 Å². The fraction of sp³-hybridized carbons (Fsp3) is 0.190. The summed E-state index contributed by atoms with van der Waals surface area (Å²) in [4.78, 5) is 27.4. The number of aryl methyl sites for hydroxylation is 2. The molecule has 1 fully saturated rings. The highest BCUT2D eigenvalue weighted by atomic mass is 32.2. The van der Waals surface area contributed by atoms with Crippen molar-refractivity contribution >= 4 is 51.9 Å². The van der Waals surface area contributed by atoms with Crippen molar-refractivity contribution in [1.29, 1.82) is 0 Å². The lowest BCUT2D eigenvalue weighted by Gasteiger charge is -2.22. The Morgan fingerprint density at radius 3 is 2.48 bits per heavy atom. The second-order valence-corrected chi connectivity index (χ2v) is 8.12. The number of carbonyl (C=O) groups excluding carboxylic acids is 2. The van der Waals surface area contributed by atoms with Crippen LogP contribution in [-0.4, -0.2) is 27.1 Å². The summed E-state index contributed by atoms with van der Waals surface area (Å²) in [5, 5.41) is 2.84. The van der Waals surface area contributed by atoms with Crippen molar-refractivity contribution in [3.63, 3.8) is 0 Å². The molecule has 0 radical (unpaired) electrons. The molecule has 1 heterocycles. The number of hydrogen-bond acceptors (Lipinski definition) is 4. The minimum absolute atomic E-state index is 0.236. The van der Waals surface area contributed by atoms with Crippen LogP contribution < -0.4 is 5.32 Å². The Bertz CT molecular complexity index is 935. The molecular weight excluding hydrogens is 376 g/mol. The second-order valence-electron chi connectivity index (χ2n) is 6.44. The molecule has 1 unspecified atom stereocenters. The molecule has 4 nitrogen and oxygen atoms in total. The Hall–Kier alpha value is -2.44. The molecule has 1 N–H and O–H groups in total. The Morgan fingerprint density at radius 2 is 1.81 bits per heavy atom. The fourth-order valence-electron chi connectivity index (χ4n) is 2.70. The standard InChI is InChI=1S/C21H20N2O2S2/c1-13-8-10-17(11-9-13)22-19(24)15(3)23-20(25)18(27-21(23)26)12-16-7-5-4-6-14(16)2/h4-12,15H,1-3H3,(H,22,24)/b18-12-. The number of benzene rings is 2. The van der Waals surface area contributed by atoms with Gasteiger partial charge in [0.2, 0.25) is 5.91 Å². The molecule has 0 saturated carbocycles. The number of carbonyl (C=O) groups is 2. The van der Waals surface area contributed by atoms with E-state index in [1.165, 1.54) is 16.7 Å². The van der Waals surface area contributed by atoms with Crippen molar-refractivity contribution in [2.24, 2.45) is 0 Å². The van der Waals surface area contributed by atoms with Crippen LogP contribution in [0.5, 0.6) is 0 Å². The van der Waals surface area contributed by atoms with Crippen LogP contribution in [0.3, 0.4) is 0 Å². The Labute approximate surface area is 168 Å². The predicted octanol–water partition coefficient (Wildman–Crippen LogP) is 4.53. The zero-order valence-corrected chi connectivity index (χ0v) is 17.0. The molecule has 3 rings (SSSR count). The number of thioether (sulfide) groups is 1. The zero-order valence-electron chi connectivity index (χ0n) is 15.4. The summed E-state index contributed by atoms with van der Waals surface area (Å²) in [7, 11) is 0. The van der Waals surface area contributed by atoms with E-state index in [-0.39, 0.29) is 11.8 Å². The monoisotopic (exact) mass is 396 g/mol. The molecule has 6 heteroatoms. The molecule has 1 aliphatic rings. The molecule has 2 aromatic carbocycles. The van der Waals surface area contributed by atoms with E-state index >= 15 is 0 Å². The molecule has 0 aromatic heterocycles. The van der Waals surface area contributed by atoms with Gasteiger partial charge in [-0.25, -0.2) is 0 Å². The number of anilines is 1. The van der Waals surface area contributed by atoms with Crippen molar-refractivity contribution in [3.8, 4) is 0 Å². The van der Waals surface area contributed by atoms with Crippen molar-refractivity contribution in [1.82, 2.24) is 4.90 Å². The lowest BCUT2D eigenvalue weighted by molar-refractivity contribution is -0.129. The van der Waals surface area contributed by atoms with Gasteiger partial charge in [0, 0.05) is 5.69 Å². The van der Waals surface area contributed by atoms with Crippen molar-refractivity contribution in [2.75, 3.05) is 5.32 Å². The van der Waals surface area contributed by atoms with Gasteiger partial charge in [0.1, 0.15) is 10.4 Å². The maximum atomic E-state index is 12.8. The SMILES string of the molecule is Cc1ccc(NC(=O)C(C)N2C(=O)/C(=C/c3ccccc3C)SC2=S)cc1. The van der Waals surface area contributed by atoms with E-state index in [0.29, 0.717) is 14.9 Å². The largest absolute Gasteiger partial charge is 0.324 e. The zero-order chi connectivity index (χ0) is 19.6. The molecule has 0 bridgehead atoms. The number of rotatable bonds is 4. The molecule has 138 valence electrons. The average molecular weight is 397 g/mol. The van der Waals surface area contributed by atoms with E-state index < -0.39 is 6.04 Å². The summed E-state index contributed by atoms with van der Waals surface area (Å²) >= 11 is 6.60. The smallest absolute Gasteiger partial charge is 0.266 e. The van der Waals surface area contributed by atoms with E-state index in [1.54, 1.807) is 6.92 Å². The summed E-state index contributed by atoms with van der Waals surface area (Å²) in [5.74, 6) is -0.507. The first-order chi connectivity index (χ1) is 12.9. The Kier molecular flexibility index (Phi) is 5.77. The minimum atomic E-state index is -0.693. The highest BCUT2D eigenvalue weighted by Crippen LogP contribution is 2.34. The average Bonchev–Trinajstić information content (AvgIpc) is 2.92. The van der Waals surface area contributed by atoms with Crippen LogP contribution in [-0.2, 0) is 9.59 Å². The van der Waals surface area contributed by atoms with Gasteiger partial charge in [-0.2, -0.15) is 0 Å². The van der Waals surface area contributed by atoms with Gasteiger partial charge in [-0.05, 0) is 50.1 Å². The maximum Gasteiger partial charge on any atom is 0.266 e. The van der Waals surface area contributed by atoms with E-state index in [9.17, 15) is 9.59 Å². The van der Waals surface area contributed by atoms with Crippen LogP contribution in [0.15, 0.2) is 53.4 Å². The molecule has 0 aliphatic carbocycles. The van der Waals surface area contributed by atoms with Gasteiger partial charge in [0.25, 0.3) is 5.91 Å². The van der Waals surface area contributed by atoms with Crippen LogP contribution in [0.25, 0.3) is 6.08 Å². The first-order valence-corrected chi connectivity index (χ1v) is 9.79. The second kappa shape index (κ2) is 8.06. The minimum Gasteiger partial charge on any atom is -0.324 e. The van der Waals surface area contributed by atoms with Crippen LogP contribution in [0.4, 0.5) is 5.69 Å². The van der Waals surface area contributed by atoms with Gasteiger partial charge in [-0.3, -0.25) is 14.5 Å². The van der Waals surface area contributed by atoms with E-state index in [4.69, 9.17) is 12.2 Å². The first kappa shape index (κ1) is 19.3. The normalized spacial score (nSPS) is 16.7. The molecule has 27 heavy (non-hydrogen) atoms. The molecule has 2 aromatic rings. The third kappa shape index (κ3) is 4.28. The molecular formula is C21H20N2O2S2. The maximum absolute atomic E-state index is 12.8. The van der Waals surface area contributed by atoms with Gasteiger partial charge >= 0.3 is 0 Å².